The number of aliphatic hydroxyl groups excluding tert-OH is 1. The standard InChI is InChI=1S/C85H140O17P2/c1-5-9-13-17-21-25-29-33-37-38-39-40-44-46-50-54-58-62-66-70-83(88)96-76-81(102-85(90)72-68-64-60-56-52-48-43-36-32-28-24-20-16-12-8-4)78-100-104(93,94)98-74-79(86)73-97-103(91,92)99-77-80(101-84(89)71-67-63-59-55-51-47-42-35-31-27-23-19-15-11-7-3)75-95-82(87)69-65-61-57-53-49-45-41-34-30-26-22-18-14-10-6-2/h9-10,12-14,16,21-22,24-26,28,33-37,39-43,46,50,58,62,79-81,86H,5-8,11,15,17-20,23,27,29-32,38,44-45,47-49,51-57,59-61,63-78H2,1-4H3,(H,91,92)(H,93,94)/b13-9-,14-10-,16-12-,25-21-,26-22-,28-24-,37-33-,40-39-,41-34-,42-35-,43-36-,50-46-,62-58-. The molecule has 104 heavy (non-hydrogen) atoms. The topological polar surface area (TPSA) is 237 Å². The third kappa shape index (κ3) is 74.9. The molecule has 0 bridgehead atoms. The van der Waals surface area contributed by atoms with Gasteiger partial charge in [0.25, 0.3) is 0 Å². The summed E-state index contributed by atoms with van der Waals surface area (Å²) in [5, 5.41) is 10.6. The minimum absolute atomic E-state index is 0.0269. The van der Waals surface area contributed by atoms with E-state index in [1.807, 2.05) is 18.2 Å². The molecule has 592 valence electrons. The Kier molecular flexibility index (Phi) is 72.0. The van der Waals surface area contributed by atoms with Gasteiger partial charge in [0.1, 0.15) is 19.3 Å². The number of allylic oxidation sites excluding steroid dienone is 26. The molecule has 0 aliphatic carbocycles. The summed E-state index contributed by atoms with van der Waals surface area (Å²) < 4.78 is 68.5. The fourth-order valence-electron chi connectivity index (χ4n) is 10.0. The number of carbonyl (C=O) groups excluding carboxylic acids is 4. The number of hydrogen-bond acceptors (Lipinski definition) is 15. The molecule has 0 radical (unpaired) electrons. The van der Waals surface area contributed by atoms with E-state index in [0.717, 1.165) is 173 Å². The number of phosphoric ester groups is 2. The monoisotopic (exact) mass is 1490 g/mol. The van der Waals surface area contributed by atoms with Crippen molar-refractivity contribution in [2.24, 2.45) is 0 Å². The highest BCUT2D eigenvalue weighted by atomic mass is 31.2. The van der Waals surface area contributed by atoms with E-state index in [-0.39, 0.29) is 25.7 Å². The van der Waals surface area contributed by atoms with Crippen LogP contribution in [-0.4, -0.2) is 96.7 Å². The quantitative estimate of drug-likeness (QED) is 0.0169. The second-order valence-corrected chi connectivity index (χ2v) is 28.8. The number of carbonyl (C=O) groups is 4. The Bertz CT molecular complexity index is 2590. The van der Waals surface area contributed by atoms with E-state index in [1.54, 1.807) is 0 Å². The lowest BCUT2D eigenvalue weighted by molar-refractivity contribution is -0.161. The number of unbranched alkanes of at least 4 members (excludes halogenated alkanes) is 21. The maximum absolute atomic E-state index is 13.1. The van der Waals surface area contributed by atoms with Crippen LogP contribution in [0.3, 0.4) is 0 Å². The van der Waals surface area contributed by atoms with Crippen LogP contribution in [0.15, 0.2) is 158 Å². The van der Waals surface area contributed by atoms with E-state index in [4.69, 9.17) is 37.0 Å². The van der Waals surface area contributed by atoms with Crippen LogP contribution >= 0.6 is 15.6 Å². The lowest BCUT2D eigenvalue weighted by Crippen LogP contribution is -2.30. The molecule has 0 heterocycles. The van der Waals surface area contributed by atoms with E-state index < -0.39 is 97.5 Å². The first-order valence-corrected chi connectivity index (χ1v) is 42.7. The fourth-order valence-corrected chi connectivity index (χ4v) is 11.6. The van der Waals surface area contributed by atoms with Gasteiger partial charge in [-0.25, -0.2) is 9.13 Å². The second kappa shape index (κ2) is 75.9. The van der Waals surface area contributed by atoms with Crippen LogP contribution in [0, 0.1) is 0 Å². The molecule has 19 heteroatoms. The lowest BCUT2D eigenvalue weighted by Gasteiger charge is -2.21. The van der Waals surface area contributed by atoms with Gasteiger partial charge in [-0.1, -0.05) is 276 Å². The largest absolute Gasteiger partial charge is 0.472 e. The zero-order valence-electron chi connectivity index (χ0n) is 64.6. The third-order valence-electron chi connectivity index (χ3n) is 16.0. The zero-order chi connectivity index (χ0) is 76.0. The van der Waals surface area contributed by atoms with Crippen molar-refractivity contribution >= 4 is 39.5 Å². The molecule has 0 spiro atoms. The summed E-state index contributed by atoms with van der Waals surface area (Å²) in [6.07, 6.45) is 88.1. The molecule has 5 unspecified atom stereocenters. The maximum Gasteiger partial charge on any atom is 0.472 e. The van der Waals surface area contributed by atoms with Crippen molar-refractivity contribution in [1.29, 1.82) is 0 Å². The smallest absolute Gasteiger partial charge is 0.462 e. The highest BCUT2D eigenvalue weighted by Crippen LogP contribution is 2.45. The normalized spacial score (nSPS) is 14.7. The number of ether oxygens (including phenoxy) is 4. The predicted octanol–water partition coefficient (Wildman–Crippen LogP) is 23.2. The van der Waals surface area contributed by atoms with Gasteiger partial charge in [0, 0.05) is 25.7 Å². The molecule has 0 rings (SSSR count). The molecule has 0 fully saturated rings. The van der Waals surface area contributed by atoms with Crippen molar-refractivity contribution < 1.29 is 80.2 Å². The molecule has 0 aromatic rings. The molecule has 3 N–H and O–H groups in total. The Morgan fingerprint density at radius 2 is 0.519 bits per heavy atom. The summed E-state index contributed by atoms with van der Waals surface area (Å²) in [5.74, 6) is -2.33. The van der Waals surface area contributed by atoms with Crippen molar-refractivity contribution in [3.05, 3.63) is 158 Å². The number of rotatable bonds is 73. The number of phosphoric acid groups is 2. The van der Waals surface area contributed by atoms with E-state index in [9.17, 15) is 43.2 Å². The average molecular weight is 1500 g/mol. The van der Waals surface area contributed by atoms with Crippen molar-refractivity contribution in [2.45, 2.75) is 316 Å². The molecule has 0 aromatic carbocycles. The first-order chi connectivity index (χ1) is 50.7. The first-order valence-electron chi connectivity index (χ1n) is 39.7. The van der Waals surface area contributed by atoms with Crippen molar-refractivity contribution in [1.82, 2.24) is 0 Å². The summed E-state index contributed by atoms with van der Waals surface area (Å²) in [7, 11) is -10.00. The van der Waals surface area contributed by atoms with Crippen LogP contribution in [0.2, 0.25) is 0 Å². The molecule has 5 atom stereocenters. The summed E-state index contributed by atoms with van der Waals surface area (Å²) in [6.45, 7) is 4.39. The Morgan fingerprint density at radius 3 is 0.837 bits per heavy atom. The van der Waals surface area contributed by atoms with Crippen molar-refractivity contribution in [3.63, 3.8) is 0 Å². The molecule has 0 saturated carbocycles. The van der Waals surface area contributed by atoms with Gasteiger partial charge in [0.2, 0.25) is 0 Å². The summed E-state index contributed by atoms with van der Waals surface area (Å²) in [5.41, 5.74) is 0. The molecular formula is C85H140O17P2. The number of hydrogen-bond donors (Lipinski definition) is 3. The minimum atomic E-state index is -5.01. The van der Waals surface area contributed by atoms with Crippen LogP contribution in [0.4, 0.5) is 0 Å². The van der Waals surface area contributed by atoms with Gasteiger partial charge in [-0.15, -0.1) is 0 Å². The highest BCUT2D eigenvalue weighted by Gasteiger charge is 2.30. The number of esters is 4. The van der Waals surface area contributed by atoms with Crippen LogP contribution in [0.5, 0.6) is 0 Å². The molecular weight excluding hydrogens is 1350 g/mol. The molecule has 0 amide bonds. The molecule has 0 aromatic heterocycles. The van der Waals surface area contributed by atoms with Crippen molar-refractivity contribution in [2.75, 3.05) is 39.6 Å². The Balaban J connectivity index is 5.47. The first kappa shape index (κ1) is 98.7. The van der Waals surface area contributed by atoms with Crippen LogP contribution in [0.25, 0.3) is 0 Å². The SMILES string of the molecule is CC/C=C\C/C=C\C/C=C\C/C=C\C/C=C\C/C=C\CCC(=O)OCC(COP(=O)(O)OCC(O)COP(=O)(O)OCC(COC(=O)CCCCCCC/C=C\C/C=C\C/C=C\CC)OC(=O)CCCCCCC/C=C\CCCCCCCC)OC(=O)CCCCCCC/C=C\C/C=C\C/C=C\CC. The van der Waals surface area contributed by atoms with E-state index in [1.165, 1.54) is 38.5 Å². The van der Waals surface area contributed by atoms with Crippen LogP contribution in [0.1, 0.15) is 297 Å². The second-order valence-electron chi connectivity index (χ2n) is 25.9. The summed E-state index contributed by atoms with van der Waals surface area (Å²) in [4.78, 5) is 73.0. The van der Waals surface area contributed by atoms with E-state index in [2.05, 4.69) is 167 Å². The Labute approximate surface area is 629 Å². The Morgan fingerprint density at radius 1 is 0.279 bits per heavy atom. The maximum atomic E-state index is 13.1. The molecule has 17 nitrogen and oxygen atoms in total. The van der Waals surface area contributed by atoms with Gasteiger partial charge >= 0.3 is 39.5 Å². The van der Waals surface area contributed by atoms with Gasteiger partial charge in [-0.05, 0) is 154 Å². The minimum Gasteiger partial charge on any atom is -0.462 e. The van der Waals surface area contributed by atoms with Crippen LogP contribution < -0.4 is 0 Å². The molecule has 0 aliphatic rings. The van der Waals surface area contributed by atoms with Gasteiger partial charge in [-0.3, -0.25) is 37.3 Å². The number of aliphatic hydroxyl groups is 1. The lowest BCUT2D eigenvalue weighted by atomic mass is 10.1. The predicted molar refractivity (Wildman–Crippen MR) is 427 cm³/mol. The van der Waals surface area contributed by atoms with Gasteiger partial charge in [-0.2, -0.15) is 0 Å². The van der Waals surface area contributed by atoms with E-state index in [0.29, 0.717) is 32.1 Å². The van der Waals surface area contributed by atoms with E-state index >= 15 is 0 Å². The zero-order valence-corrected chi connectivity index (χ0v) is 66.4. The van der Waals surface area contributed by atoms with Gasteiger partial charge in [0.05, 0.1) is 26.4 Å². The average Bonchev–Trinajstić information content (AvgIpc) is 0.918. The third-order valence-corrected chi connectivity index (χ3v) is 17.9. The highest BCUT2D eigenvalue weighted by molar-refractivity contribution is 7.47. The Hall–Kier alpha value is -5.32. The van der Waals surface area contributed by atoms with Gasteiger partial charge in [0.15, 0.2) is 12.2 Å². The molecule has 0 saturated heterocycles. The fraction of sp³-hybridized carbons (Fsp3) is 0.647. The summed E-state index contributed by atoms with van der Waals surface area (Å²) >= 11 is 0. The van der Waals surface area contributed by atoms with Crippen molar-refractivity contribution in [3.8, 4) is 0 Å². The van der Waals surface area contributed by atoms with Gasteiger partial charge < -0.3 is 33.8 Å². The molecule has 0 aliphatic heterocycles. The summed E-state index contributed by atoms with van der Waals surface area (Å²) in [6, 6.07) is 0. The van der Waals surface area contributed by atoms with Crippen LogP contribution in [-0.2, 0) is 65.4 Å².